The fourth-order valence-corrected chi connectivity index (χ4v) is 2.86. The molecule has 3 rings (SSSR count). The van der Waals surface area contributed by atoms with Gasteiger partial charge in [-0.3, -0.25) is 25.0 Å². The summed E-state index contributed by atoms with van der Waals surface area (Å²) in [7, 11) is 0. The van der Waals surface area contributed by atoms with Crippen LogP contribution < -0.4 is 20.3 Å². The standard InChI is InChI=1S/C21H22N4O4S/c1-3-28-17-8-10-18(11-9-17)29-14(2)19(26)23-24-20(27)15-4-6-16(7-5-15)25-13-12-22-21(25)30/h4-14H,3H2,1-2H3,(H,22,30)(H,23,26)(H,24,27)/t14-/m1/s1. The average molecular weight is 426 g/mol. The van der Waals surface area contributed by atoms with E-state index >= 15 is 0 Å². The molecule has 8 nitrogen and oxygen atoms in total. The van der Waals surface area contributed by atoms with Gasteiger partial charge in [-0.05, 0) is 74.6 Å². The molecule has 156 valence electrons. The Labute approximate surface area is 178 Å². The lowest BCUT2D eigenvalue weighted by molar-refractivity contribution is -0.128. The first kappa shape index (κ1) is 21.1. The summed E-state index contributed by atoms with van der Waals surface area (Å²) in [5.74, 6) is 0.318. The molecule has 0 aliphatic rings. The van der Waals surface area contributed by atoms with Gasteiger partial charge in [0.1, 0.15) is 11.5 Å². The van der Waals surface area contributed by atoms with Crippen LogP contribution in [0.4, 0.5) is 0 Å². The number of ether oxygens (including phenoxy) is 2. The summed E-state index contributed by atoms with van der Waals surface area (Å²) in [6.07, 6.45) is 2.72. The number of amides is 2. The molecule has 0 saturated heterocycles. The van der Waals surface area contributed by atoms with Crippen LogP contribution in [0.2, 0.25) is 0 Å². The predicted molar refractivity (Wildman–Crippen MR) is 114 cm³/mol. The van der Waals surface area contributed by atoms with Crippen molar-refractivity contribution in [2.75, 3.05) is 6.61 Å². The van der Waals surface area contributed by atoms with Crippen LogP contribution >= 0.6 is 12.2 Å². The summed E-state index contributed by atoms with van der Waals surface area (Å²) >= 11 is 5.17. The number of hydrogen-bond donors (Lipinski definition) is 3. The highest BCUT2D eigenvalue weighted by atomic mass is 32.1. The number of rotatable bonds is 7. The quantitative estimate of drug-likeness (QED) is 0.398. The van der Waals surface area contributed by atoms with Crippen molar-refractivity contribution in [3.63, 3.8) is 0 Å². The van der Waals surface area contributed by atoms with E-state index in [4.69, 9.17) is 21.7 Å². The molecule has 0 aliphatic heterocycles. The Bertz CT molecular complexity index is 1060. The van der Waals surface area contributed by atoms with Gasteiger partial charge in [-0.2, -0.15) is 0 Å². The van der Waals surface area contributed by atoms with Crippen LogP contribution in [-0.4, -0.2) is 34.1 Å². The van der Waals surface area contributed by atoms with Crippen LogP contribution in [0.1, 0.15) is 24.2 Å². The molecule has 1 heterocycles. The fraction of sp³-hybridized carbons (Fsp3) is 0.190. The van der Waals surface area contributed by atoms with Crippen LogP contribution in [0, 0.1) is 4.77 Å². The van der Waals surface area contributed by atoms with Crippen molar-refractivity contribution in [2.24, 2.45) is 0 Å². The molecule has 0 bridgehead atoms. The van der Waals surface area contributed by atoms with Crippen molar-refractivity contribution in [3.8, 4) is 17.2 Å². The third kappa shape index (κ3) is 5.26. The maximum Gasteiger partial charge on any atom is 0.279 e. The molecule has 2 aromatic carbocycles. The molecule has 9 heteroatoms. The molecular weight excluding hydrogens is 404 g/mol. The van der Waals surface area contributed by atoms with E-state index in [2.05, 4.69) is 15.8 Å². The van der Waals surface area contributed by atoms with Gasteiger partial charge in [-0.1, -0.05) is 0 Å². The lowest BCUT2D eigenvalue weighted by atomic mass is 10.2. The molecule has 1 atom stereocenters. The van der Waals surface area contributed by atoms with Gasteiger partial charge < -0.3 is 14.5 Å². The predicted octanol–water partition coefficient (Wildman–Crippen LogP) is 3.16. The molecule has 3 N–H and O–H groups in total. The second-order valence-electron chi connectivity index (χ2n) is 6.29. The Kier molecular flexibility index (Phi) is 6.87. The number of benzene rings is 2. The Morgan fingerprint density at radius 1 is 1.07 bits per heavy atom. The Morgan fingerprint density at radius 3 is 2.33 bits per heavy atom. The van der Waals surface area contributed by atoms with Crippen LogP contribution in [0.25, 0.3) is 5.69 Å². The average Bonchev–Trinajstić information content (AvgIpc) is 3.19. The molecule has 0 spiro atoms. The zero-order chi connectivity index (χ0) is 21.5. The van der Waals surface area contributed by atoms with E-state index in [1.54, 1.807) is 72.4 Å². The topological polar surface area (TPSA) is 97.4 Å². The van der Waals surface area contributed by atoms with Crippen molar-refractivity contribution in [1.29, 1.82) is 0 Å². The smallest absolute Gasteiger partial charge is 0.279 e. The van der Waals surface area contributed by atoms with Crippen LogP contribution in [-0.2, 0) is 4.79 Å². The third-order valence-electron chi connectivity index (χ3n) is 4.17. The number of nitrogens with zero attached hydrogens (tertiary/aromatic N) is 1. The van der Waals surface area contributed by atoms with Gasteiger partial charge in [0.25, 0.3) is 11.8 Å². The van der Waals surface area contributed by atoms with Gasteiger partial charge in [-0.15, -0.1) is 0 Å². The third-order valence-corrected chi connectivity index (χ3v) is 4.49. The van der Waals surface area contributed by atoms with Crippen molar-refractivity contribution in [3.05, 3.63) is 71.3 Å². The van der Waals surface area contributed by atoms with Gasteiger partial charge in [0.2, 0.25) is 0 Å². The first-order valence-electron chi connectivity index (χ1n) is 9.34. The highest BCUT2D eigenvalue weighted by Gasteiger charge is 2.16. The van der Waals surface area contributed by atoms with Crippen LogP contribution in [0.5, 0.6) is 11.5 Å². The molecule has 0 aliphatic carbocycles. The number of aromatic amines is 1. The van der Waals surface area contributed by atoms with E-state index in [-0.39, 0.29) is 0 Å². The lowest BCUT2D eigenvalue weighted by Gasteiger charge is -2.15. The normalized spacial score (nSPS) is 11.4. The number of imidazole rings is 1. The summed E-state index contributed by atoms with van der Waals surface area (Å²) in [6.45, 7) is 4.06. The minimum absolute atomic E-state index is 0.390. The zero-order valence-corrected chi connectivity index (χ0v) is 17.4. The number of carbonyl (C=O) groups is 2. The molecular formula is C21H22N4O4S. The van der Waals surface area contributed by atoms with Crippen molar-refractivity contribution < 1.29 is 19.1 Å². The maximum absolute atomic E-state index is 12.3. The maximum atomic E-state index is 12.3. The zero-order valence-electron chi connectivity index (χ0n) is 16.5. The summed E-state index contributed by atoms with van der Waals surface area (Å²) in [5.41, 5.74) is 5.96. The Balaban J connectivity index is 1.51. The number of aromatic nitrogens is 2. The highest BCUT2D eigenvalue weighted by molar-refractivity contribution is 7.71. The van der Waals surface area contributed by atoms with Gasteiger partial charge in [0.05, 0.1) is 6.61 Å². The summed E-state index contributed by atoms with van der Waals surface area (Å²) in [5, 5.41) is 0. The lowest BCUT2D eigenvalue weighted by Crippen LogP contribution is -2.47. The van der Waals surface area contributed by atoms with Crippen molar-refractivity contribution in [2.45, 2.75) is 20.0 Å². The van der Waals surface area contributed by atoms with Gasteiger partial charge >= 0.3 is 0 Å². The molecule has 0 saturated carbocycles. The van der Waals surface area contributed by atoms with E-state index < -0.39 is 17.9 Å². The highest BCUT2D eigenvalue weighted by Crippen LogP contribution is 2.18. The Morgan fingerprint density at radius 2 is 1.73 bits per heavy atom. The molecule has 0 fully saturated rings. The first-order valence-corrected chi connectivity index (χ1v) is 9.75. The molecule has 2 amide bonds. The minimum Gasteiger partial charge on any atom is -0.494 e. The Hall–Kier alpha value is -3.59. The molecule has 30 heavy (non-hydrogen) atoms. The van der Waals surface area contributed by atoms with E-state index in [1.807, 2.05) is 6.92 Å². The van der Waals surface area contributed by atoms with Gasteiger partial charge in [0, 0.05) is 23.6 Å². The van der Waals surface area contributed by atoms with Crippen molar-refractivity contribution >= 4 is 24.0 Å². The number of hydrogen-bond acceptors (Lipinski definition) is 5. The second-order valence-corrected chi connectivity index (χ2v) is 6.68. The fourth-order valence-electron chi connectivity index (χ4n) is 2.63. The van der Waals surface area contributed by atoms with Crippen LogP contribution in [0.3, 0.4) is 0 Å². The first-order chi connectivity index (χ1) is 14.5. The second kappa shape index (κ2) is 9.75. The van der Waals surface area contributed by atoms with E-state index in [1.165, 1.54) is 0 Å². The number of nitrogens with one attached hydrogen (secondary N) is 3. The molecule has 1 aromatic heterocycles. The monoisotopic (exact) mass is 426 g/mol. The number of H-pyrrole nitrogens is 1. The van der Waals surface area contributed by atoms with Gasteiger partial charge in [-0.25, -0.2) is 0 Å². The molecule has 0 unspecified atom stereocenters. The summed E-state index contributed by atoms with van der Waals surface area (Å²) < 4.78 is 13.3. The van der Waals surface area contributed by atoms with Crippen LogP contribution in [0.15, 0.2) is 60.9 Å². The number of carbonyl (C=O) groups excluding carboxylic acids is 2. The van der Waals surface area contributed by atoms with E-state index in [0.29, 0.717) is 22.7 Å². The van der Waals surface area contributed by atoms with E-state index in [9.17, 15) is 9.59 Å². The minimum atomic E-state index is -0.805. The van der Waals surface area contributed by atoms with Gasteiger partial charge in [0.15, 0.2) is 10.9 Å². The summed E-state index contributed by atoms with van der Waals surface area (Å²) in [6, 6.07) is 13.8. The SMILES string of the molecule is CCOc1ccc(O[C@H](C)C(=O)NNC(=O)c2ccc(-n3cc[nH]c3=S)cc2)cc1. The summed E-state index contributed by atoms with van der Waals surface area (Å²) in [4.78, 5) is 27.4. The number of hydrazine groups is 1. The largest absolute Gasteiger partial charge is 0.494 e. The van der Waals surface area contributed by atoms with E-state index in [0.717, 1.165) is 11.4 Å². The molecule has 0 radical (unpaired) electrons. The molecule has 3 aromatic rings. The van der Waals surface area contributed by atoms with Crippen molar-refractivity contribution in [1.82, 2.24) is 20.4 Å².